The normalized spacial score (nSPS) is 11.6. The number of rotatable bonds is 3. The van der Waals surface area contributed by atoms with Crippen LogP contribution in [0.25, 0.3) is 5.69 Å². The van der Waals surface area contributed by atoms with Gasteiger partial charge in [0.15, 0.2) is 23.3 Å². The van der Waals surface area contributed by atoms with Crippen LogP contribution in [0.1, 0.15) is 12.5 Å². The number of alkyl halides is 3. The number of phenolic OH excluding ortho intramolecular Hbond substituents is 1. The van der Waals surface area contributed by atoms with Gasteiger partial charge in [0.25, 0.3) is 0 Å². The number of amides is 1. The largest absolute Gasteiger partial charge is 0.422 e. The van der Waals surface area contributed by atoms with E-state index < -0.39 is 65.0 Å². The fourth-order valence-electron chi connectivity index (χ4n) is 2.51. The van der Waals surface area contributed by atoms with Crippen LogP contribution in [-0.4, -0.2) is 43.2 Å². The van der Waals surface area contributed by atoms with Gasteiger partial charge in [-0.1, -0.05) is 0 Å². The van der Waals surface area contributed by atoms with Crippen molar-refractivity contribution < 1.29 is 52.6 Å². The topological polar surface area (TPSA) is 125 Å². The van der Waals surface area contributed by atoms with Gasteiger partial charge in [-0.05, 0) is 6.07 Å². The minimum atomic E-state index is -5.56. The molecule has 1 heterocycles. The van der Waals surface area contributed by atoms with Crippen molar-refractivity contribution in [1.29, 1.82) is 0 Å². The van der Waals surface area contributed by atoms with Crippen LogP contribution < -0.4 is 9.67 Å². The minimum Gasteiger partial charge on any atom is -0.235 e. The Hall–Kier alpha value is -3.29. The maximum atomic E-state index is 13.5. The number of hydrogen-bond donors (Lipinski definition) is 4. The average molecular weight is 559 g/mol. The molecule has 16 heteroatoms. The Labute approximate surface area is 188 Å². The van der Waals surface area contributed by atoms with Gasteiger partial charge in [-0.25, -0.2) is 22.2 Å². The van der Waals surface area contributed by atoms with E-state index in [1.165, 1.54) is 19.1 Å². The Kier molecular flexibility index (Phi) is 7.86. The molecule has 0 spiro atoms. The molecule has 184 valence electrons. The SMILES string of the molecule is CC(=O)Nc1ccc(O)c([As](=O)(O)O)c1.Fc1c(F)c(C(F)(F)F)c(F)c(F)c1-n1cccn1. The van der Waals surface area contributed by atoms with E-state index in [2.05, 4.69) is 10.4 Å². The van der Waals surface area contributed by atoms with E-state index in [4.69, 9.17) is 8.19 Å². The van der Waals surface area contributed by atoms with Crippen molar-refractivity contribution in [2.45, 2.75) is 13.1 Å². The molecule has 0 saturated carbocycles. The number of anilines is 1. The summed E-state index contributed by atoms with van der Waals surface area (Å²) in [6.07, 6.45) is -3.60. The third-order valence-electron chi connectivity index (χ3n) is 3.87. The van der Waals surface area contributed by atoms with Crippen molar-refractivity contribution in [2.24, 2.45) is 0 Å². The van der Waals surface area contributed by atoms with Gasteiger partial charge in [-0.15, -0.1) is 0 Å². The van der Waals surface area contributed by atoms with Crippen LogP contribution in [0.5, 0.6) is 5.75 Å². The van der Waals surface area contributed by atoms with Gasteiger partial charge in [-0.3, -0.25) is 0 Å². The van der Waals surface area contributed by atoms with Crippen LogP contribution in [0.2, 0.25) is 0 Å². The summed E-state index contributed by atoms with van der Waals surface area (Å²) in [6.45, 7) is 1.27. The molecule has 3 aromatic rings. The number of aromatic nitrogens is 2. The number of halogens is 7. The molecule has 8 nitrogen and oxygen atoms in total. The van der Waals surface area contributed by atoms with Crippen molar-refractivity contribution >= 4 is 30.1 Å². The van der Waals surface area contributed by atoms with Gasteiger partial charge in [0.1, 0.15) is 11.3 Å². The van der Waals surface area contributed by atoms with Crippen LogP contribution in [-0.2, 0) is 14.7 Å². The molecule has 0 saturated heterocycles. The van der Waals surface area contributed by atoms with Crippen molar-refractivity contribution in [3.8, 4) is 11.4 Å². The molecular weight excluding hydrogens is 546 g/mol. The van der Waals surface area contributed by atoms with Crippen LogP contribution in [0, 0.1) is 23.3 Å². The Bertz CT molecular complexity index is 1230. The first kappa shape index (κ1) is 27.0. The monoisotopic (exact) mass is 559 g/mol. The van der Waals surface area contributed by atoms with Crippen molar-refractivity contribution in [1.82, 2.24) is 9.78 Å². The third-order valence-corrected chi connectivity index (χ3v) is 5.94. The van der Waals surface area contributed by atoms with E-state index in [1.807, 2.05) is 0 Å². The molecular formula is C18H13AsF7N3O5. The van der Waals surface area contributed by atoms with Gasteiger partial charge >= 0.3 is 94.3 Å². The molecule has 1 amide bonds. The van der Waals surface area contributed by atoms with Crippen molar-refractivity contribution in [3.63, 3.8) is 0 Å². The van der Waals surface area contributed by atoms with E-state index in [9.17, 15) is 44.4 Å². The zero-order valence-corrected chi connectivity index (χ0v) is 18.5. The summed E-state index contributed by atoms with van der Waals surface area (Å²) in [5.74, 6) is -10.2. The Morgan fingerprint density at radius 3 is 2.03 bits per heavy atom. The molecule has 2 aromatic carbocycles. The number of carbonyl (C=O) groups is 1. The number of nitrogens with zero attached hydrogens (tertiary/aromatic N) is 2. The number of nitrogens with one attached hydrogen (secondary N) is 1. The first-order valence-electron chi connectivity index (χ1n) is 8.65. The molecule has 34 heavy (non-hydrogen) atoms. The number of phenols is 1. The second-order valence-electron chi connectivity index (χ2n) is 6.36. The van der Waals surface area contributed by atoms with Crippen molar-refractivity contribution in [2.75, 3.05) is 5.32 Å². The standard InChI is InChI=1S/C10H3F7N2.C8H10AsNO5/c11-5-4(10(15,16)17)6(12)8(14)9(7(5)13)19-3-1-2-18-19;1-5(11)10-6-2-3-8(12)7(4-6)9(13,14)15/h1-3H;2-4,12H,1H3,(H,10,11)(H2,13,14,15). The fourth-order valence-corrected chi connectivity index (χ4v) is 3.94. The average Bonchev–Trinajstić information content (AvgIpc) is 3.21. The maximum Gasteiger partial charge on any atom is 0.422 e. The molecule has 0 bridgehead atoms. The number of hydrogen-bond acceptors (Lipinski definition) is 4. The maximum absolute atomic E-state index is 13.5. The summed E-state index contributed by atoms with van der Waals surface area (Å²) in [6, 6.07) is 4.72. The van der Waals surface area contributed by atoms with E-state index in [1.54, 1.807) is 0 Å². The van der Waals surface area contributed by atoms with Gasteiger partial charge in [0.05, 0.1) is 0 Å². The molecule has 0 atom stereocenters. The van der Waals surface area contributed by atoms with E-state index in [-0.39, 0.29) is 11.6 Å². The number of aromatic hydroxyl groups is 1. The number of benzene rings is 2. The Morgan fingerprint density at radius 1 is 1.06 bits per heavy atom. The van der Waals surface area contributed by atoms with E-state index in [0.29, 0.717) is 4.68 Å². The summed E-state index contributed by atoms with van der Waals surface area (Å²) in [7, 11) is 0. The van der Waals surface area contributed by atoms with Gasteiger partial charge in [-0.2, -0.15) is 18.3 Å². The molecule has 3 rings (SSSR count). The molecule has 0 radical (unpaired) electrons. The molecule has 0 aliphatic carbocycles. The van der Waals surface area contributed by atoms with Gasteiger partial charge in [0.2, 0.25) is 0 Å². The molecule has 1 aromatic heterocycles. The van der Waals surface area contributed by atoms with Crippen LogP contribution in [0.15, 0.2) is 36.7 Å². The second-order valence-corrected chi connectivity index (χ2v) is 9.65. The fraction of sp³-hybridized carbons (Fsp3) is 0.111. The quantitative estimate of drug-likeness (QED) is 0.169. The summed E-state index contributed by atoms with van der Waals surface area (Å²) < 4.78 is 119. The molecule has 4 N–H and O–H groups in total. The second kappa shape index (κ2) is 9.91. The van der Waals surface area contributed by atoms with Crippen LogP contribution in [0.4, 0.5) is 36.4 Å². The summed E-state index contributed by atoms with van der Waals surface area (Å²) in [4.78, 5) is 10.7. The zero-order valence-electron chi connectivity index (χ0n) is 16.6. The van der Waals surface area contributed by atoms with Crippen molar-refractivity contribution in [3.05, 3.63) is 65.5 Å². The smallest absolute Gasteiger partial charge is 0.235 e. The molecule has 0 aliphatic heterocycles. The Morgan fingerprint density at radius 2 is 1.62 bits per heavy atom. The minimum absolute atomic E-state index is 0.236. The summed E-state index contributed by atoms with van der Waals surface area (Å²) in [5, 5.41) is 14.9. The first-order chi connectivity index (χ1) is 15.6. The zero-order chi connectivity index (χ0) is 26.0. The first-order valence-corrected chi connectivity index (χ1v) is 12.0. The van der Waals surface area contributed by atoms with E-state index >= 15 is 0 Å². The van der Waals surface area contributed by atoms with Gasteiger partial charge in [0, 0.05) is 12.4 Å². The molecule has 0 fully saturated rings. The van der Waals surface area contributed by atoms with Gasteiger partial charge < -0.3 is 0 Å². The van der Waals surface area contributed by atoms with Crippen LogP contribution in [0.3, 0.4) is 0 Å². The third kappa shape index (κ3) is 5.98. The predicted octanol–water partition coefficient (Wildman–Crippen LogP) is 2.36. The Balaban J connectivity index is 0.000000248. The summed E-state index contributed by atoms with van der Waals surface area (Å²) >= 11 is -5.15. The predicted molar refractivity (Wildman–Crippen MR) is 101 cm³/mol. The molecule has 0 unspecified atom stereocenters. The van der Waals surface area contributed by atoms with E-state index in [0.717, 1.165) is 24.5 Å². The molecule has 0 aliphatic rings. The van der Waals surface area contributed by atoms with Crippen LogP contribution >= 0.6 is 0 Å². The number of carbonyl (C=O) groups excluding carboxylic acids is 1. The summed E-state index contributed by atoms with van der Waals surface area (Å²) in [5.41, 5.74) is -3.73.